The van der Waals surface area contributed by atoms with Crippen molar-refractivity contribution >= 4 is 11.6 Å². The van der Waals surface area contributed by atoms with Crippen molar-refractivity contribution < 1.29 is 4.39 Å². The van der Waals surface area contributed by atoms with Gasteiger partial charge in [0.25, 0.3) is 0 Å². The van der Waals surface area contributed by atoms with Crippen LogP contribution in [0.4, 0.5) is 4.39 Å². The van der Waals surface area contributed by atoms with Crippen molar-refractivity contribution in [1.29, 1.82) is 0 Å². The zero-order valence-corrected chi connectivity index (χ0v) is 12.1. The molecule has 2 rings (SSSR count). The van der Waals surface area contributed by atoms with Crippen molar-refractivity contribution in [1.82, 2.24) is 5.43 Å². The highest BCUT2D eigenvalue weighted by Crippen LogP contribution is 2.17. The maximum absolute atomic E-state index is 13.4. The maximum Gasteiger partial charge on any atom is 0.142 e. The quantitative estimate of drug-likeness (QED) is 0.655. The molecule has 0 saturated heterocycles. The Balaban J connectivity index is 2.07. The normalized spacial score (nSPS) is 12.4. The van der Waals surface area contributed by atoms with Crippen LogP contribution < -0.4 is 11.3 Å². The van der Waals surface area contributed by atoms with Gasteiger partial charge >= 0.3 is 0 Å². The van der Waals surface area contributed by atoms with E-state index >= 15 is 0 Å². The second-order valence-electron chi connectivity index (χ2n) is 5.01. The van der Waals surface area contributed by atoms with Crippen LogP contribution >= 0.6 is 11.6 Å². The molecule has 4 heteroatoms. The van der Waals surface area contributed by atoms with E-state index < -0.39 is 5.82 Å². The molecule has 0 radical (unpaired) electrons. The molecule has 0 saturated carbocycles. The molecule has 0 aliphatic rings. The van der Waals surface area contributed by atoms with Crippen LogP contribution in [0.2, 0.25) is 5.02 Å². The van der Waals surface area contributed by atoms with E-state index in [2.05, 4.69) is 30.5 Å². The first-order valence-corrected chi connectivity index (χ1v) is 6.92. The van der Waals surface area contributed by atoms with Crippen molar-refractivity contribution in [2.75, 3.05) is 0 Å². The van der Waals surface area contributed by atoms with E-state index in [1.165, 1.54) is 17.2 Å². The number of hydrogen-bond acceptors (Lipinski definition) is 2. The van der Waals surface area contributed by atoms with Gasteiger partial charge in [0.2, 0.25) is 0 Å². The Morgan fingerprint density at radius 1 is 1.15 bits per heavy atom. The number of hydrogen-bond donors (Lipinski definition) is 2. The third-order valence-electron chi connectivity index (χ3n) is 3.27. The monoisotopic (exact) mass is 292 g/mol. The molecule has 0 aliphatic heterocycles. The van der Waals surface area contributed by atoms with E-state index in [1.807, 2.05) is 12.1 Å². The van der Waals surface area contributed by atoms with Gasteiger partial charge in [-0.3, -0.25) is 11.3 Å². The molecular formula is C16H18ClFN2. The van der Waals surface area contributed by atoms with Crippen LogP contribution in [-0.2, 0) is 12.8 Å². The fourth-order valence-corrected chi connectivity index (χ4v) is 2.38. The van der Waals surface area contributed by atoms with E-state index in [-0.39, 0.29) is 11.1 Å². The Bertz CT molecular complexity index is 586. The number of aryl methyl sites for hydroxylation is 1. The van der Waals surface area contributed by atoms with Gasteiger partial charge in [0, 0.05) is 6.04 Å². The summed E-state index contributed by atoms with van der Waals surface area (Å²) in [7, 11) is 0. The standard InChI is InChI=1S/C16H18ClFN2/c1-11-3-2-4-12(7-11)8-14(20-19)9-13-5-6-15(17)16(18)10-13/h2-7,10,14,20H,8-9,19H2,1H3. The maximum atomic E-state index is 13.4. The average Bonchev–Trinajstić information content (AvgIpc) is 2.42. The van der Waals surface area contributed by atoms with E-state index in [0.717, 1.165) is 12.0 Å². The fraction of sp³-hybridized carbons (Fsp3) is 0.250. The van der Waals surface area contributed by atoms with Crippen molar-refractivity contribution in [3.8, 4) is 0 Å². The first-order chi connectivity index (χ1) is 9.58. The predicted molar refractivity (Wildman–Crippen MR) is 81.1 cm³/mol. The molecule has 1 atom stereocenters. The molecule has 1 unspecified atom stereocenters. The molecule has 0 heterocycles. The highest BCUT2D eigenvalue weighted by molar-refractivity contribution is 6.30. The first kappa shape index (κ1) is 15.0. The Morgan fingerprint density at radius 2 is 1.85 bits per heavy atom. The summed E-state index contributed by atoms with van der Waals surface area (Å²) in [5, 5.41) is 0.143. The molecule has 0 aliphatic carbocycles. The van der Waals surface area contributed by atoms with Crippen LogP contribution in [-0.4, -0.2) is 6.04 Å². The molecule has 0 bridgehead atoms. The summed E-state index contributed by atoms with van der Waals surface area (Å²) in [6, 6.07) is 13.2. The third-order valence-corrected chi connectivity index (χ3v) is 3.57. The van der Waals surface area contributed by atoms with Crippen molar-refractivity contribution in [3.63, 3.8) is 0 Å². The second kappa shape index (κ2) is 6.84. The summed E-state index contributed by atoms with van der Waals surface area (Å²) >= 11 is 5.68. The first-order valence-electron chi connectivity index (χ1n) is 6.54. The smallest absolute Gasteiger partial charge is 0.142 e. The Kier molecular flexibility index (Phi) is 5.12. The predicted octanol–water partition coefficient (Wildman–Crippen LogP) is 3.40. The van der Waals surface area contributed by atoms with E-state index in [1.54, 1.807) is 6.07 Å². The van der Waals surface area contributed by atoms with Gasteiger partial charge in [-0.25, -0.2) is 4.39 Å². The number of halogens is 2. The van der Waals surface area contributed by atoms with Gasteiger partial charge < -0.3 is 0 Å². The van der Waals surface area contributed by atoms with Gasteiger partial charge in [-0.2, -0.15) is 0 Å². The van der Waals surface area contributed by atoms with Gasteiger partial charge in [0.1, 0.15) is 5.82 Å². The molecule has 2 aromatic rings. The van der Waals surface area contributed by atoms with Gasteiger partial charge in [-0.1, -0.05) is 47.5 Å². The molecule has 3 N–H and O–H groups in total. The van der Waals surface area contributed by atoms with Crippen LogP contribution in [0.5, 0.6) is 0 Å². The lowest BCUT2D eigenvalue weighted by Gasteiger charge is -2.16. The van der Waals surface area contributed by atoms with Crippen LogP contribution in [0.15, 0.2) is 42.5 Å². The summed E-state index contributed by atoms with van der Waals surface area (Å²) in [5.41, 5.74) is 6.10. The topological polar surface area (TPSA) is 38.0 Å². The van der Waals surface area contributed by atoms with Gasteiger partial charge in [0.15, 0.2) is 0 Å². The highest BCUT2D eigenvalue weighted by atomic mass is 35.5. The molecule has 0 fully saturated rings. The van der Waals surface area contributed by atoms with E-state index in [0.29, 0.717) is 6.42 Å². The number of nitrogens with two attached hydrogens (primary N) is 1. The number of hydrazine groups is 1. The lowest BCUT2D eigenvalue weighted by molar-refractivity contribution is 0.520. The van der Waals surface area contributed by atoms with E-state index in [4.69, 9.17) is 17.4 Å². The minimum atomic E-state index is -0.393. The summed E-state index contributed by atoms with van der Waals surface area (Å²) in [4.78, 5) is 0. The van der Waals surface area contributed by atoms with Crippen molar-refractivity contribution in [2.45, 2.75) is 25.8 Å². The molecular weight excluding hydrogens is 275 g/mol. The number of nitrogens with one attached hydrogen (secondary N) is 1. The van der Waals surface area contributed by atoms with Gasteiger partial charge in [-0.15, -0.1) is 0 Å². The van der Waals surface area contributed by atoms with Crippen LogP contribution in [0.25, 0.3) is 0 Å². The lowest BCUT2D eigenvalue weighted by atomic mass is 9.98. The molecule has 2 aromatic carbocycles. The van der Waals surface area contributed by atoms with Crippen molar-refractivity contribution in [3.05, 3.63) is 70.0 Å². The molecule has 2 nitrogen and oxygen atoms in total. The average molecular weight is 293 g/mol. The van der Waals surface area contributed by atoms with Crippen LogP contribution in [0, 0.1) is 12.7 Å². The zero-order chi connectivity index (χ0) is 14.5. The fourth-order valence-electron chi connectivity index (χ4n) is 2.26. The minimum Gasteiger partial charge on any atom is -0.271 e. The summed E-state index contributed by atoms with van der Waals surface area (Å²) < 4.78 is 13.4. The van der Waals surface area contributed by atoms with Crippen LogP contribution in [0.1, 0.15) is 16.7 Å². The number of rotatable bonds is 5. The van der Waals surface area contributed by atoms with E-state index in [9.17, 15) is 4.39 Å². The Morgan fingerprint density at radius 3 is 2.45 bits per heavy atom. The Hall–Kier alpha value is -1.42. The zero-order valence-electron chi connectivity index (χ0n) is 11.4. The SMILES string of the molecule is Cc1cccc(CC(Cc2ccc(Cl)c(F)c2)NN)c1. The van der Waals surface area contributed by atoms with Crippen molar-refractivity contribution in [2.24, 2.45) is 5.84 Å². The molecule has 0 aromatic heterocycles. The highest BCUT2D eigenvalue weighted by Gasteiger charge is 2.10. The molecule has 0 amide bonds. The number of benzene rings is 2. The molecule has 20 heavy (non-hydrogen) atoms. The molecule has 0 spiro atoms. The summed E-state index contributed by atoms with van der Waals surface area (Å²) in [5.74, 6) is 5.21. The largest absolute Gasteiger partial charge is 0.271 e. The Labute approximate surface area is 123 Å². The van der Waals surface area contributed by atoms with Gasteiger partial charge in [0.05, 0.1) is 5.02 Å². The lowest BCUT2D eigenvalue weighted by Crippen LogP contribution is -2.38. The summed E-state index contributed by atoms with van der Waals surface area (Å²) in [6.45, 7) is 2.06. The second-order valence-corrected chi connectivity index (χ2v) is 5.42. The van der Waals surface area contributed by atoms with Crippen LogP contribution in [0.3, 0.4) is 0 Å². The summed E-state index contributed by atoms with van der Waals surface area (Å²) in [6.07, 6.45) is 1.45. The minimum absolute atomic E-state index is 0.0531. The third kappa shape index (κ3) is 4.04. The van der Waals surface area contributed by atoms with Gasteiger partial charge in [-0.05, 0) is 43.0 Å². The molecule has 106 valence electrons.